The number of ether oxygens (including phenoxy) is 2. The van der Waals surface area contributed by atoms with Crippen molar-refractivity contribution >= 4 is 34.6 Å². The Hall–Kier alpha value is -2.89. The summed E-state index contributed by atoms with van der Waals surface area (Å²) in [5.74, 6) is 1.07. The summed E-state index contributed by atoms with van der Waals surface area (Å²) in [6.07, 6.45) is 1.28. The number of hydrogen-bond acceptors (Lipinski definition) is 10. The van der Waals surface area contributed by atoms with Crippen LogP contribution in [-0.4, -0.2) is 78.4 Å². The standard InChI is InChI=1S/C18H23ClN6O5/c1-29-14-10-15(30-2)13(9-12(14)19)22-17-16(25(27)28)18(21-11-20-17)24-5-3-23(4-6-24)7-8-26/h9-11,26H,3-8H2,1-2H3,(H,20,21,22). The van der Waals surface area contributed by atoms with E-state index in [0.717, 1.165) is 0 Å². The number of hydrogen-bond donors (Lipinski definition) is 2. The van der Waals surface area contributed by atoms with E-state index in [1.54, 1.807) is 12.1 Å². The molecule has 0 spiro atoms. The molecule has 12 heteroatoms. The number of rotatable bonds is 8. The molecule has 1 aromatic carbocycles. The van der Waals surface area contributed by atoms with Crippen LogP contribution < -0.4 is 19.7 Å². The zero-order valence-electron chi connectivity index (χ0n) is 16.7. The van der Waals surface area contributed by atoms with E-state index in [1.165, 1.54) is 20.5 Å². The number of halogens is 1. The van der Waals surface area contributed by atoms with Crippen molar-refractivity contribution in [2.75, 3.05) is 63.8 Å². The normalized spacial score (nSPS) is 14.5. The minimum absolute atomic E-state index is 0.0299. The van der Waals surface area contributed by atoms with E-state index in [2.05, 4.69) is 20.2 Å². The van der Waals surface area contributed by atoms with Crippen LogP contribution in [0.25, 0.3) is 0 Å². The van der Waals surface area contributed by atoms with Crippen molar-refractivity contribution in [3.8, 4) is 11.5 Å². The first-order valence-corrected chi connectivity index (χ1v) is 9.62. The summed E-state index contributed by atoms with van der Waals surface area (Å²) in [6.45, 7) is 3.10. The van der Waals surface area contributed by atoms with E-state index in [1.807, 2.05) is 4.90 Å². The Bertz CT molecular complexity index is 907. The molecule has 0 radical (unpaired) electrons. The maximum atomic E-state index is 11.9. The SMILES string of the molecule is COc1cc(OC)c(Nc2ncnc(N3CCN(CCO)CC3)c2[N+](=O)[O-])cc1Cl. The number of aliphatic hydroxyl groups excluding tert-OH is 1. The molecule has 0 aliphatic carbocycles. The van der Waals surface area contributed by atoms with Gasteiger partial charge in [-0.3, -0.25) is 15.0 Å². The van der Waals surface area contributed by atoms with E-state index in [9.17, 15) is 10.1 Å². The molecule has 2 N–H and O–H groups in total. The van der Waals surface area contributed by atoms with Crippen molar-refractivity contribution in [3.63, 3.8) is 0 Å². The number of nitrogens with zero attached hydrogens (tertiary/aromatic N) is 5. The molecule has 1 fully saturated rings. The molecule has 1 aliphatic rings. The second kappa shape index (κ2) is 9.74. The fourth-order valence-corrected chi connectivity index (χ4v) is 3.51. The molecule has 0 bridgehead atoms. The van der Waals surface area contributed by atoms with Crippen molar-refractivity contribution in [3.05, 3.63) is 33.6 Å². The highest BCUT2D eigenvalue weighted by Crippen LogP contribution is 2.40. The lowest BCUT2D eigenvalue weighted by molar-refractivity contribution is -0.383. The predicted molar refractivity (Wildman–Crippen MR) is 112 cm³/mol. The van der Waals surface area contributed by atoms with Crippen molar-refractivity contribution in [2.24, 2.45) is 0 Å². The van der Waals surface area contributed by atoms with Crippen LogP contribution in [0.15, 0.2) is 18.5 Å². The Morgan fingerprint density at radius 3 is 2.50 bits per heavy atom. The molecular formula is C18H23ClN6O5. The van der Waals surface area contributed by atoms with Crippen molar-refractivity contribution in [2.45, 2.75) is 0 Å². The smallest absolute Gasteiger partial charge is 0.353 e. The predicted octanol–water partition coefficient (Wildman–Crippen LogP) is 1.91. The molecule has 0 atom stereocenters. The lowest BCUT2D eigenvalue weighted by atomic mass is 10.2. The third-order valence-electron chi connectivity index (χ3n) is 4.80. The van der Waals surface area contributed by atoms with E-state index in [0.29, 0.717) is 54.9 Å². The van der Waals surface area contributed by atoms with Gasteiger partial charge in [-0.1, -0.05) is 11.6 Å². The van der Waals surface area contributed by atoms with Gasteiger partial charge in [0.2, 0.25) is 11.6 Å². The van der Waals surface area contributed by atoms with Crippen LogP contribution in [0, 0.1) is 10.1 Å². The van der Waals surface area contributed by atoms with E-state index >= 15 is 0 Å². The summed E-state index contributed by atoms with van der Waals surface area (Å²) in [7, 11) is 2.95. The van der Waals surface area contributed by atoms with Gasteiger partial charge in [0.15, 0.2) is 0 Å². The van der Waals surface area contributed by atoms with Crippen molar-refractivity contribution in [1.82, 2.24) is 14.9 Å². The van der Waals surface area contributed by atoms with Gasteiger partial charge in [-0.15, -0.1) is 0 Å². The van der Waals surface area contributed by atoms with Crippen LogP contribution in [0.5, 0.6) is 11.5 Å². The molecule has 30 heavy (non-hydrogen) atoms. The van der Waals surface area contributed by atoms with Gasteiger partial charge in [0, 0.05) is 38.8 Å². The third kappa shape index (κ3) is 4.64. The van der Waals surface area contributed by atoms with Crippen LogP contribution in [0.4, 0.5) is 23.0 Å². The summed E-state index contributed by atoms with van der Waals surface area (Å²) in [5, 5.41) is 24.3. The van der Waals surface area contributed by atoms with Gasteiger partial charge < -0.3 is 24.8 Å². The molecule has 3 rings (SSSR count). The van der Waals surface area contributed by atoms with E-state index in [-0.39, 0.29) is 23.9 Å². The Labute approximate surface area is 178 Å². The van der Waals surface area contributed by atoms with Crippen LogP contribution in [0.1, 0.15) is 0 Å². The van der Waals surface area contributed by atoms with Gasteiger partial charge in [-0.05, 0) is 6.07 Å². The van der Waals surface area contributed by atoms with Gasteiger partial charge in [0.1, 0.15) is 17.8 Å². The summed E-state index contributed by atoms with van der Waals surface area (Å²) < 4.78 is 10.5. The number of methoxy groups -OCH3 is 2. The maximum Gasteiger partial charge on any atom is 0.353 e. The Morgan fingerprint density at radius 2 is 1.90 bits per heavy atom. The molecule has 0 saturated carbocycles. The first-order valence-electron chi connectivity index (χ1n) is 9.24. The Morgan fingerprint density at radius 1 is 1.20 bits per heavy atom. The average molecular weight is 439 g/mol. The molecular weight excluding hydrogens is 416 g/mol. The minimum atomic E-state index is -0.505. The van der Waals surface area contributed by atoms with Gasteiger partial charge in [0.05, 0.1) is 36.5 Å². The number of aromatic nitrogens is 2. The highest BCUT2D eigenvalue weighted by molar-refractivity contribution is 6.32. The first-order chi connectivity index (χ1) is 14.5. The monoisotopic (exact) mass is 438 g/mol. The fourth-order valence-electron chi connectivity index (χ4n) is 3.27. The molecule has 1 aromatic heterocycles. The molecule has 1 aliphatic heterocycles. The van der Waals surface area contributed by atoms with Gasteiger partial charge >= 0.3 is 5.69 Å². The topological polar surface area (TPSA) is 126 Å². The summed E-state index contributed by atoms with van der Waals surface area (Å²) in [5.41, 5.74) is 0.172. The highest BCUT2D eigenvalue weighted by atomic mass is 35.5. The van der Waals surface area contributed by atoms with E-state index < -0.39 is 4.92 Å². The van der Waals surface area contributed by atoms with Crippen LogP contribution >= 0.6 is 11.6 Å². The van der Waals surface area contributed by atoms with Crippen molar-refractivity contribution < 1.29 is 19.5 Å². The quantitative estimate of drug-likeness (QED) is 0.466. The van der Waals surface area contributed by atoms with Gasteiger partial charge in [-0.2, -0.15) is 0 Å². The number of aliphatic hydroxyl groups is 1. The molecule has 162 valence electrons. The number of piperazine rings is 1. The fraction of sp³-hybridized carbons (Fsp3) is 0.444. The lowest BCUT2D eigenvalue weighted by Crippen LogP contribution is -2.47. The second-order valence-electron chi connectivity index (χ2n) is 6.52. The molecule has 2 heterocycles. The molecule has 2 aromatic rings. The van der Waals surface area contributed by atoms with Crippen molar-refractivity contribution in [1.29, 1.82) is 0 Å². The van der Waals surface area contributed by atoms with Gasteiger partial charge in [-0.25, -0.2) is 9.97 Å². The molecule has 1 saturated heterocycles. The summed E-state index contributed by atoms with van der Waals surface area (Å²) >= 11 is 6.20. The minimum Gasteiger partial charge on any atom is -0.495 e. The number of nitrogens with one attached hydrogen (secondary N) is 1. The number of benzene rings is 1. The highest BCUT2D eigenvalue weighted by Gasteiger charge is 2.29. The summed E-state index contributed by atoms with van der Waals surface area (Å²) in [4.78, 5) is 23.6. The lowest BCUT2D eigenvalue weighted by Gasteiger charge is -2.34. The van der Waals surface area contributed by atoms with Crippen LogP contribution in [-0.2, 0) is 0 Å². The van der Waals surface area contributed by atoms with Gasteiger partial charge in [0.25, 0.3) is 0 Å². The molecule has 0 amide bonds. The molecule has 0 unspecified atom stereocenters. The molecule has 11 nitrogen and oxygen atoms in total. The first kappa shape index (κ1) is 21.8. The number of nitro groups is 1. The summed E-state index contributed by atoms with van der Waals surface area (Å²) in [6, 6.07) is 3.14. The van der Waals surface area contributed by atoms with E-state index in [4.69, 9.17) is 26.2 Å². The average Bonchev–Trinajstić information content (AvgIpc) is 2.74. The zero-order chi connectivity index (χ0) is 21.7. The zero-order valence-corrected chi connectivity index (χ0v) is 17.4. The number of β-amino-alcohol motifs (C(OH)–C–C–N with tert-alkyl or cyclic N) is 1. The van der Waals surface area contributed by atoms with Crippen LogP contribution in [0.2, 0.25) is 5.02 Å². The number of anilines is 3. The Balaban J connectivity index is 1.93. The second-order valence-corrected chi connectivity index (χ2v) is 6.92. The Kier molecular flexibility index (Phi) is 7.08. The largest absolute Gasteiger partial charge is 0.495 e. The maximum absolute atomic E-state index is 11.9. The third-order valence-corrected chi connectivity index (χ3v) is 5.10. The van der Waals surface area contributed by atoms with Crippen LogP contribution in [0.3, 0.4) is 0 Å².